The van der Waals surface area contributed by atoms with Crippen molar-refractivity contribution in [2.75, 3.05) is 30.9 Å². The smallest absolute Gasteiger partial charge is 0.423 e. The van der Waals surface area contributed by atoms with Crippen LogP contribution < -0.4 is 25.1 Å². The number of carbonyl (C=O) groups is 2. The summed E-state index contributed by atoms with van der Waals surface area (Å²) >= 11 is 5.16. The number of rotatable bonds is 11. The fourth-order valence-corrected chi connectivity index (χ4v) is 9.72. The first-order valence-corrected chi connectivity index (χ1v) is 23.2. The molecule has 6 aromatic rings. The van der Waals surface area contributed by atoms with Crippen molar-refractivity contribution >= 4 is 93.3 Å². The summed E-state index contributed by atoms with van der Waals surface area (Å²) < 4.78 is 76.6. The van der Waals surface area contributed by atoms with E-state index in [2.05, 4.69) is 30.6 Å². The zero-order valence-electron chi connectivity index (χ0n) is 33.2. The monoisotopic (exact) mass is 976 g/mol. The van der Waals surface area contributed by atoms with E-state index in [1.807, 2.05) is 24.3 Å². The Morgan fingerprint density at radius 2 is 1.18 bits per heavy atom. The van der Waals surface area contributed by atoms with E-state index in [9.17, 15) is 35.2 Å². The molecule has 0 aliphatic rings. The first-order chi connectivity index (χ1) is 28.6. The van der Waals surface area contributed by atoms with Crippen LogP contribution in [0.15, 0.2) is 110 Å². The van der Waals surface area contributed by atoms with Gasteiger partial charge in [-0.1, -0.05) is 111 Å². The van der Waals surface area contributed by atoms with Gasteiger partial charge in [0.05, 0.1) is 24.2 Å². The third-order valence-corrected chi connectivity index (χ3v) is 15.1. The Bertz CT molecular complexity index is 2700. The van der Waals surface area contributed by atoms with Gasteiger partial charge in [0.2, 0.25) is 21.8 Å². The number of likely N-dealkylation sites (N-methyl/N-ethyl adjacent to an activating group) is 2. The fourth-order valence-electron chi connectivity index (χ4n) is 5.21. The van der Waals surface area contributed by atoms with E-state index in [4.69, 9.17) is 15.2 Å². The molecule has 322 valence electrons. The molecule has 2 heterocycles. The van der Waals surface area contributed by atoms with Gasteiger partial charge in [0.15, 0.2) is 18.7 Å². The molecule has 61 heavy (non-hydrogen) atoms. The van der Waals surface area contributed by atoms with Crippen LogP contribution in [0.4, 0.5) is 19.0 Å². The number of benzene rings is 4. The lowest BCUT2D eigenvalue weighted by atomic mass is 9.80. The van der Waals surface area contributed by atoms with Gasteiger partial charge in [-0.3, -0.25) is 19.4 Å². The Kier molecular flexibility index (Phi) is 17.1. The van der Waals surface area contributed by atoms with Crippen molar-refractivity contribution in [3.8, 4) is 11.1 Å². The molecule has 0 unspecified atom stereocenters. The van der Waals surface area contributed by atoms with E-state index >= 15 is 0 Å². The largest absolute Gasteiger partial charge is 0.491 e. The van der Waals surface area contributed by atoms with Gasteiger partial charge >= 0.3 is 7.12 Å². The topological polar surface area (TPSA) is 213 Å². The Morgan fingerprint density at radius 1 is 0.738 bits per heavy atom. The van der Waals surface area contributed by atoms with Gasteiger partial charge < -0.3 is 10.0 Å². The van der Waals surface area contributed by atoms with E-state index in [-0.39, 0.29) is 44.4 Å². The van der Waals surface area contributed by atoms with Crippen LogP contribution >= 0.6 is 38.6 Å². The summed E-state index contributed by atoms with van der Waals surface area (Å²) in [6.07, 6.45) is 0.313. The van der Waals surface area contributed by atoms with Crippen LogP contribution in [0.3, 0.4) is 0 Å². The Labute approximate surface area is 369 Å². The summed E-state index contributed by atoms with van der Waals surface area (Å²) in [7, 11) is -4.72. The molecule has 14 nitrogen and oxygen atoms in total. The number of nitrogens with one attached hydrogen (secondary N) is 1. The SMILES string of the molecule is CNS(=O)(=O)c1sc(N(C)C(=O)Cc2ccc(-c3ccccc3F)cc2)nc1C.Cc1nc(N(C)C(=O)Cc2ccc(Br)cc2)sc1S(N)(=O)=O.OB(O)c1ccccc1F. The van der Waals surface area contributed by atoms with Crippen LogP contribution in [0.2, 0.25) is 0 Å². The molecule has 2 amide bonds. The van der Waals surface area contributed by atoms with Gasteiger partial charge in [-0.2, -0.15) is 0 Å². The third kappa shape index (κ3) is 13.4. The minimum Gasteiger partial charge on any atom is -0.423 e. The number of nitrogens with two attached hydrogens (primary N) is 1. The number of halogens is 3. The molecule has 22 heteroatoms. The first-order valence-electron chi connectivity index (χ1n) is 17.8. The lowest BCUT2D eigenvalue weighted by Crippen LogP contribution is -2.32. The zero-order valence-corrected chi connectivity index (χ0v) is 38.1. The number of hydrogen-bond acceptors (Lipinski definition) is 12. The second-order valence-corrected chi connectivity index (χ2v) is 19.7. The summed E-state index contributed by atoms with van der Waals surface area (Å²) in [5, 5.41) is 22.8. The summed E-state index contributed by atoms with van der Waals surface area (Å²) in [5.41, 5.74) is 3.39. The maximum atomic E-state index is 13.9. The molecule has 2 aromatic heterocycles. The third-order valence-electron chi connectivity index (χ3n) is 8.52. The van der Waals surface area contributed by atoms with Crippen molar-refractivity contribution < 1.29 is 45.3 Å². The van der Waals surface area contributed by atoms with Crippen molar-refractivity contribution in [2.24, 2.45) is 5.14 Å². The lowest BCUT2D eigenvalue weighted by molar-refractivity contribution is -0.118. The van der Waals surface area contributed by atoms with Gasteiger partial charge in [-0.05, 0) is 61.9 Å². The normalized spacial score (nSPS) is 11.1. The number of primary sulfonamides is 1. The molecule has 0 bridgehead atoms. The molecule has 0 spiro atoms. The molecule has 0 saturated heterocycles. The number of aromatic nitrogens is 2. The molecule has 0 atom stereocenters. The van der Waals surface area contributed by atoms with Crippen molar-refractivity contribution in [1.82, 2.24) is 14.7 Å². The molecule has 0 radical (unpaired) electrons. The maximum Gasteiger partial charge on any atom is 0.491 e. The summed E-state index contributed by atoms with van der Waals surface area (Å²) in [4.78, 5) is 35.9. The minimum atomic E-state index is -3.82. The highest BCUT2D eigenvalue weighted by molar-refractivity contribution is 9.10. The molecule has 5 N–H and O–H groups in total. The first kappa shape index (κ1) is 48.9. The highest BCUT2D eigenvalue weighted by Crippen LogP contribution is 2.31. The quantitative estimate of drug-likeness (QED) is 0.128. The van der Waals surface area contributed by atoms with Gasteiger partial charge in [0, 0.05) is 29.6 Å². The van der Waals surface area contributed by atoms with Crippen LogP contribution in [-0.4, -0.2) is 76.9 Å². The molecular weight excluding hydrogens is 937 g/mol. The summed E-state index contributed by atoms with van der Waals surface area (Å²) in [6, 6.07) is 26.5. The molecule has 0 aliphatic heterocycles. The molecule has 4 aromatic carbocycles. The van der Waals surface area contributed by atoms with Crippen molar-refractivity contribution in [3.05, 3.63) is 136 Å². The van der Waals surface area contributed by atoms with Crippen molar-refractivity contribution in [2.45, 2.75) is 35.1 Å². The number of thiazole rings is 2. The molecular formula is C39H40BBrF2N6O8S4. The maximum absolute atomic E-state index is 13.9. The van der Waals surface area contributed by atoms with Crippen LogP contribution in [0.5, 0.6) is 0 Å². The molecule has 0 saturated carbocycles. The molecule has 0 aliphatic carbocycles. The molecule has 6 rings (SSSR count). The summed E-state index contributed by atoms with van der Waals surface area (Å²) in [6.45, 7) is 3.14. The predicted molar refractivity (Wildman–Crippen MR) is 238 cm³/mol. The Balaban J connectivity index is 0.000000225. The summed E-state index contributed by atoms with van der Waals surface area (Å²) in [5.74, 6) is -1.32. The van der Waals surface area contributed by atoms with E-state index in [1.54, 1.807) is 70.4 Å². The number of hydrogen-bond donors (Lipinski definition) is 4. The average molecular weight is 978 g/mol. The van der Waals surface area contributed by atoms with Crippen LogP contribution in [0.25, 0.3) is 11.1 Å². The highest BCUT2D eigenvalue weighted by atomic mass is 79.9. The standard InChI is InChI=1S/C20H20FN3O3S2.C13H14BrN3O3S2.C6H6BFO2/c1-13-19(29(26,27)22-2)28-20(23-13)24(3)18(25)12-14-8-10-15(11-9-14)16-6-4-5-7-17(16)21;1-8-12(22(15,19)20)21-13(16-8)17(2)11(18)7-9-3-5-10(14)6-4-9;8-6-4-2-1-3-5(6)7(9)10/h4-11,22H,12H2,1-3H3;3-6H,7H2,1-2H3,(H2,15,19,20);1-4,9-10H. The van der Waals surface area contributed by atoms with E-state index in [1.165, 1.54) is 47.2 Å². The van der Waals surface area contributed by atoms with Gasteiger partial charge in [-0.15, -0.1) is 0 Å². The van der Waals surface area contributed by atoms with Gasteiger partial charge in [-0.25, -0.2) is 45.4 Å². The Morgan fingerprint density at radius 3 is 1.61 bits per heavy atom. The van der Waals surface area contributed by atoms with E-state index in [0.717, 1.165) is 43.8 Å². The minimum absolute atomic E-state index is 0.0224. The van der Waals surface area contributed by atoms with Gasteiger partial charge in [0.1, 0.15) is 11.6 Å². The highest BCUT2D eigenvalue weighted by Gasteiger charge is 2.25. The lowest BCUT2D eigenvalue weighted by Gasteiger charge is -2.14. The van der Waals surface area contributed by atoms with E-state index < -0.39 is 33.0 Å². The average Bonchev–Trinajstić information content (AvgIpc) is 3.82. The second-order valence-electron chi connectivity index (χ2n) is 12.9. The zero-order chi connectivity index (χ0) is 45.2. The number of nitrogens with zero attached hydrogens (tertiary/aromatic N) is 4. The van der Waals surface area contributed by atoms with Crippen LogP contribution in [0.1, 0.15) is 22.5 Å². The predicted octanol–water partition coefficient (Wildman–Crippen LogP) is 4.94. The van der Waals surface area contributed by atoms with Crippen molar-refractivity contribution in [1.29, 1.82) is 0 Å². The number of anilines is 2. The van der Waals surface area contributed by atoms with Crippen molar-refractivity contribution in [3.63, 3.8) is 0 Å². The van der Waals surface area contributed by atoms with Gasteiger partial charge in [0.25, 0.3) is 10.0 Å². The number of carbonyl (C=O) groups excluding carboxylic acids is 2. The fraction of sp³-hybridized carbons (Fsp3) is 0.179. The number of sulfonamides is 2. The second kappa shape index (κ2) is 21.3. The van der Waals surface area contributed by atoms with Crippen LogP contribution in [-0.2, 0) is 42.5 Å². The van der Waals surface area contributed by atoms with Crippen LogP contribution in [0, 0.1) is 25.5 Å². The Hall–Kier alpha value is -4.78. The molecule has 0 fully saturated rings. The number of amides is 2. The number of aryl methyl sites for hydroxylation is 2. The van der Waals surface area contributed by atoms with E-state index in [0.29, 0.717) is 27.2 Å².